The monoisotopic (exact) mass is 327 g/mol. The lowest BCUT2D eigenvalue weighted by Gasteiger charge is -2.37. The molecule has 2 heterocycles. The number of benzene rings is 1. The highest BCUT2D eigenvalue weighted by atomic mass is 16.5. The molecule has 2 atom stereocenters. The first-order valence-electron chi connectivity index (χ1n) is 8.52. The highest BCUT2D eigenvalue weighted by Crippen LogP contribution is 2.29. The summed E-state index contributed by atoms with van der Waals surface area (Å²) in [5.41, 5.74) is 0.555. The molecule has 4 rings (SSSR count). The molecule has 6 nitrogen and oxygen atoms in total. The number of carbonyl (C=O) groups is 1. The van der Waals surface area contributed by atoms with Crippen LogP contribution in [0.4, 0.5) is 0 Å². The Morgan fingerprint density at radius 2 is 2.08 bits per heavy atom. The van der Waals surface area contributed by atoms with Crippen molar-refractivity contribution < 1.29 is 9.53 Å². The molecule has 126 valence electrons. The highest BCUT2D eigenvalue weighted by molar-refractivity contribution is 5.83. The molecule has 2 fully saturated rings. The van der Waals surface area contributed by atoms with E-state index in [1.165, 1.54) is 4.68 Å². The van der Waals surface area contributed by atoms with Crippen LogP contribution in [0.15, 0.2) is 29.1 Å². The van der Waals surface area contributed by atoms with E-state index in [1.54, 1.807) is 6.07 Å². The third kappa shape index (κ3) is 2.51. The van der Waals surface area contributed by atoms with Gasteiger partial charge < -0.3 is 9.64 Å². The number of fused-ring (bicyclic) bond motifs is 2. The maximum atomic E-state index is 12.8. The van der Waals surface area contributed by atoms with E-state index in [1.807, 2.05) is 30.0 Å². The second-order valence-electron chi connectivity index (χ2n) is 6.59. The zero-order valence-corrected chi connectivity index (χ0v) is 13.8. The average Bonchev–Trinajstić information content (AvgIpc) is 3.08. The lowest BCUT2D eigenvalue weighted by Crippen LogP contribution is -2.52. The molecule has 2 aliphatic rings. The van der Waals surface area contributed by atoms with Crippen molar-refractivity contribution in [2.24, 2.45) is 0 Å². The molecule has 0 bridgehead atoms. The molecular formula is C18H21N3O3. The predicted octanol–water partition coefficient (Wildman–Crippen LogP) is 1.48. The summed E-state index contributed by atoms with van der Waals surface area (Å²) < 4.78 is 7.06. The van der Waals surface area contributed by atoms with E-state index >= 15 is 0 Å². The lowest BCUT2D eigenvalue weighted by molar-refractivity contribution is -0.144. The van der Waals surface area contributed by atoms with E-state index in [-0.39, 0.29) is 30.2 Å². The SMILES string of the molecule is Cc1nn(CC(=O)N2CCO[C@@H]3CCC[C@H]32)c(=O)c2ccccc12. The van der Waals surface area contributed by atoms with E-state index < -0.39 is 0 Å². The van der Waals surface area contributed by atoms with Gasteiger partial charge in [-0.25, -0.2) is 4.68 Å². The van der Waals surface area contributed by atoms with Crippen LogP contribution in [0.25, 0.3) is 10.8 Å². The van der Waals surface area contributed by atoms with Crippen molar-refractivity contribution in [3.8, 4) is 0 Å². The van der Waals surface area contributed by atoms with E-state index in [4.69, 9.17) is 4.74 Å². The Balaban J connectivity index is 1.63. The topological polar surface area (TPSA) is 64.4 Å². The fourth-order valence-electron chi connectivity index (χ4n) is 3.97. The maximum absolute atomic E-state index is 12.8. The second kappa shape index (κ2) is 6.02. The Hall–Kier alpha value is -2.21. The second-order valence-corrected chi connectivity index (χ2v) is 6.59. The minimum absolute atomic E-state index is 0.00622. The van der Waals surface area contributed by atoms with Gasteiger partial charge in [-0.1, -0.05) is 18.2 Å². The zero-order chi connectivity index (χ0) is 16.7. The summed E-state index contributed by atoms with van der Waals surface area (Å²) in [5.74, 6) is -0.0421. The summed E-state index contributed by atoms with van der Waals surface area (Å²) in [4.78, 5) is 27.3. The molecule has 1 aromatic carbocycles. The van der Waals surface area contributed by atoms with Crippen molar-refractivity contribution in [2.75, 3.05) is 13.2 Å². The van der Waals surface area contributed by atoms with Crippen LogP contribution in [0.3, 0.4) is 0 Å². The molecule has 1 saturated heterocycles. The van der Waals surface area contributed by atoms with Crippen LogP contribution < -0.4 is 5.56 Å². The normalized spacial score (nSPS) is 23.5. The van der Waals surface area contributed by atoms with Crippen LogP contribution in [0.1, 0.15) is 25.0 Å². The van der Waals surface area contributed by atoms with Crippen molar-refractivity contribution in [1.29, 1.82) is 0 Å². The number of aromatic nitrogens is 2. The molecule has 1 amide bonds. The zero-order valence-electron chi connectivity index (χ0n) is 13.8. The van der Waals surface area contributed by atoms with Gasteiger partial charge in [0.1, 0.15) is 6.54 Å². The fourth-order valence-corrected chi connectivity index (χ4v) is 3.97. The van der Waals surface area contributed by atoms with Crippen LogP contribution in [0, 0.1) is 6.92 Å². The molecule has 1 aromatic heterocycles. The summed E-state index contributed by atoms with van der Waals surface area (Å²) >= 11 is 0. The van der Waals surface area contributed by atoms with Gasteiger partial charge >= 0.3 is 0 Å². The number of amides is 1. The molecular weight excluding hydrogens is 306 g/mol. The highest BCUT2D eigenvalue weighted by Gasteiger charge is 2.38. The van der Waals surface area contributed by atoms with Gasteiger partial charge in [-0.3, -0.25) is 9.59 Å². The van der Waals surface area contributed by atoms with Gasteiger partial charge in [0.2, 0.25) is 5.91 Å². The minimum atomic E-state index is -0.208. The number of nitrogens with zero attached hydrogens (tertiary/aromatic N) is 3. The Morgan fingerprint density at radius 3 is 2.92 bits per heavy atom. The third-order valence-corrected chi connectivity index (χ3v) is 5.14. The Kier molecular flexibility index (Phi) is 3.84. The Bertz CT molecular complexity index is 845. The van der Waals surface area contributed by atoms with Crippen molar-refractivity contribution in [3.63, 3.8) is 0 Å². The number of hydrogen-bond donors (Lipinski definition) is 0. The van der Waals surface area contributed by atoms with E-state index in [0.717, 1.165) is 30.3 Å². The molecule has 0 N–H and O–H groups in total. The van der Waals surface area contributed by atoms with Gasteiger partial charge in [0.25, 0.3) is 5.56 Å². The van der Waals surface area contributed by atoms with Gasteiger partial charge in [0.05, 0.1) is 29.8 Å². The number of morpholine rings is 1. The summed E-state index contributed by atoms with van der Waals surface area (Å²) in [6.07, 6.45) is 3.24. The smallest absolute Gasteiger partial charge is 0.275 e. The number of ether oxygens (including phenoxy) is 1. The molecule has 0 radical (unpaired) electrons. The molecule has 1 saturated carbocycles. The van der Waals surface area contributed by atoms with E-state index in [9.17, 15) is 9.59 Å². The van der Waals surface area contributed by atoms with Crippen molar-refractivity contribution in [1.82, 2.24) is 14.7 Å². The van der Waals surface area contributed by atoms with Crippen LogP contribution in [0.5, 0.6) is 0 Å². The van der Waals surface area contributed by atoms with Crippen molar-refractivity contribution >= 4 is 16.7 Å². The van der Waals surface area contributed by atoms with Crippen LogP contribution in [0.2, 0.25) is 0 Å². The minimum Gasteiger partial charge on any atom is -0.374 e. The van der Waals surface area contributed by atoms with Crippen molar-refractivity contribution in [2.45, 2.75) is 44.9 Å². The van der Waals surface area contributed by atoms with Gasteiger partial charge in [-0.05, 0) is 32.3 Å². The molecule has 2 aromatic rings. The molecule has 0 unspecified atom stereocenters. The van der Waals surface area contributed by atoms with Gasteiger partial charge in [0.15, 0.2) is 0 Å². The van der Waals surface area contributed by atoms with E-state index in [2.05, 4.69) is 5.10 Å². The standard InChI is InChI=1S/C18H21N3O3/c1-12-13-5-2-3-6-14(13)18(23)21(19-12)11-17(22)20-9-10-24-16-8-4-7-15(16)20/h2-3,5-6,15-16H,4,7-11H2,1H3/t15-,16-/m1/s1. The summed E-state index contributed by atoms with van der Waals surface area (Å²) in [6, 6.07) is 7.55. The summed E-state index contributed by atoms with van der Waals surface area (Å²) in [6.45, 7) is 3.03. The first-order chi connectivity index (χ1) is 11.6. The molecule has 1 aliphatic carbocycles. The van der Waals surface area contributed by atoms with Crippen LogP contribution in [-0.4, -0.2) is 45.9 Å². The molecule has 0 spiro atoms. The first kappa shape index (κ1) is 15.3. The Morgan fingerprint density at radius 1 is 1.29 bits per heavy atom. The summed E-state index contributed by atoms with van der Waals surface area (Å²) in [5, 5.41) is 5.80. The van der Waals surface area contributed by atoms with Crippen LogP contribution >= 0.6 is 0 Å². The Labute approximate surface area is 140 Å². The van der Waals surface area contributed by atoms with Gasteiger partial charge in [-0.15, -0.1) is 0 Å². The third-order valence-electron chi connectivity index (χ3n) is 5.14. The number of hydrogen-bond acceptors (Lipinski definition) is 4. The lowest BCUT2D eigenvalue weighted by atomic mass is 10.1. The predicted molar refractivity (Wildman–Crippen MR) is 89.8 cm³/mol. The van der Waals surface area contributed by atoms with Gasteiger partial charge in [-0.2, -0.15) is 5.10 Å². The largest absolute Gasteiger partial charge is 0.374 e. The number of aryl methyl sites for hydroxylation is 1. The summed E-state index contributed by atoms with van der Waals surface area (Å²) in [7, 11) is 0. The quantitative estimate of drug-likeness (QED) is 0.838. The van der Waals surface area contributed by atoms with Gasteiger partial charge in [0, 0.05) is 11.9 Å². The van der Waals surface area contributed by atoms with Crippen molar-refractivity contribution in [3.05, 3.63) is 40.3 Å². The number of carbonyl (C=O) groups excluding carboxylic acids is 1. The number of rotatable bonds is 2. The molecule has 24 heavy (non-hydrogen) atoms. The van der Waals surface area contributed by atoms with Crippen LogP contribution in [-0.2, 0) is 16.1 Å². The average molecular weight is 327 g/mol. The first-order valence-corrected chi connectivity index (χ1v) is 8.52. The molecule has 6 heteroatoms. The van der Waals surface area contributed by atoms with E-state index in [0.29, 0.717) is 18.5 Å². The molecule has 1 aliphatic heterocycles. The fraction of sp³-hybridized carbons (Fsp3) is 0.500. The maximum Gasteiger partial charge on any atom is 0.275 e.